The van der Waals surface area contributed by atoms with Gasteiger partial charge in [0.1, 0.15) is 0 Å². The van der Waals surface area contributed by atoms with Crippen molar-refractivity contribution < 1.29 is 0 Å². The Kier molecular flexibility index (Phi) is 5.31. The van der Waals surface area contributed by atoms with Gasteiger partial charge in [-0.15, -0.1) is 0 Å². The van der Waals surface area contributed by atoms with Gasteiger partial charge in [0.2, 0.25) is 0 Å². The van der Waals surface area contributed by atoms with E-state index >= 15 is 0 Å². The van der Waals surface area contributed by atoms with Crippen LogP contribution in [0.15, 0.2) is 54.7 Å². The van der Waals surface area contributed by atoms with E-state index in [0.717, 1.165) is 24.0 Å². The molecular formula is C24H28N4. The van der Waals surface area contributed by atoms with Gasteiger partial charge in [-0.05, 0) is 55.0 Å². The first-order valence-corrected chi connectivity index (χ1v) is 10.0. The van der Waals surface area contributed by atoms with Crippen LogP contribution in [0.4, 0.5) is 0 Å². The lowest BCUT2D eigenvalue weighted by Gasteiger charge is -2.27. The van der Waals surface area contributed by atoms with Gasteiger partial charge in [0.25, 0.3) is 0 Å². The van der Waals surface area contributed by atoms with Crippen molar-refractivity contribution in [1.29, 1.82) is 5.41 Å². The van der Waals surface area contributed by atoms with Crippen molar-refractivity contribution in [3.8, 4) is 0 Å². The monoisotopic (exact) mass is 372 g/mol. The van der Waals surface area contributed by atoms with Crippen molar-refractivity contribution in [1.82, 2.24) is 15.6 Å². The molecule has 4 heteroatoms. The molecule has 1 heterocycles. The van der Waals surface area contributed by atoms with E-state index < -0.39 is 0 Å². The molecule has 2 atom stereocenters. The van der Waals surface area contributed by atoms with Crippen molar-refractivity contribution in [2.24, 2.45) is 0 Å². The van der Waals surface area contributed by atoms with E-state index in [1.54, 1.807) is 0 Å². The molecule has 1 aliphatic carbocycles. The molecule has 2 unspecified atom stereocenters. The number of nitrogens with one attached hydrogen (secondary N) is 4. The number of aromatic amines is 1. The number of hydrogen-bond donors (Lipinski definition) is 4. The van der Waals surface area contributed by atoms with Crippen molar-refractivity contribution in [2.75, 3.05) is 7.05 Å². The van der Waals surface area contributed by atoms with Crippen LogP contribution in [0.1, 0.15) is 54.2 Å². The summed E-state index contributed by atoms with van der Waals surface area (Å²) in [6.07, 6.45) is 6.72. The second-order valence-corrected chi connectivity index (χ2v) is 7.55. The van der Waals surface area contributed by atoms with Gasteiger partial charge in [0.05, 0.1) is 0 Å². The third-order valence-corrected chi connectivity index (χ3v) is 5.75. The van der Waals surface area contributed by atoms with E-state index in [4.69, 9.17) is 5.41 Å². The Morgan fingerprint density at radius 3 is 2.79 bits per heavy atom. The largest absolute Gasteiger partial charge is 0.393 e. The first-order valence-electron chi connectivity index (χ1n) is 10.0. The maximum atomic E-state index is 7.70. The summed E-state index contributed by atoms with van der Waals surface area (Å²) in [5.41, 5.74) is 7.23. The highest BCUT2D eigenvalue weighted by molar-refractivity contribution is 6.09. The van der Waals surface area contributed by atoms with Gasteiger partial charge >= 0.3 is 0 Å². The third-order valence-electron chi connectivity index (χ3n) is 5.75. The van der Waals surface area contributed by atoms with Crippen LogP contribution in [-0.4, -0.2) is 18.2 Å². The molecule has 2 aromatic carbocycles. The lowest BCUT2D eigenvalue weighted by molar-refractivity contribution is 0.410. The number of aromatic nitrogens is 1. The van der Waals surface area contributed by atoms with E-state index in [9.17, 15) is 0 Å². The normalized spacial score (nSPS) is 17.9. The average molecular weight is 373 g/mol. The topological polar surface area (TPSA) is 63.7 Å². The fourth-order valence-corrected chi connectivity index (χ4v) is 4.31. The number of benzene rings is 2. The Balaban J connectivity index is 1.67. The third kappa shape index (κ3) is 3.48. The Hall–Kier alpha value is -2.85. The average Bonchev–Trinajstić information content (AvgIpc) is 3.11. The van der Waals surface area contributed by atoms with Crippen molar-refractivity contribution >= 4 is 22.7 Å². The molecule has 1 aliphatic rings. The van der Waals surface area contributed by atoms with Crippen molar-refractivity contribution in [3.05, 3.63) is 77.1 Å². The lowest BCUT2D eigenvalue weighted by Crippen LogP contribution is -2.27. The zero-order chi connectivity index (χ0) is 19.5. The minimum atomic E-state index is 0.308. The van der Waals surface area contributed by atoms with E-state index in [2.05, 4.69) is 71.1 Å². The van der Waals surface area contributed by atoms with Crippen molar-refractivity contribution in [2.45, 2.75) is 38.3 Å². The van der Waals surface area contributed by atoms with Crippen LogP contribution >= 0.6 is 0 Å². The molecule has 0 saturated heterocycles. The summed E-state index contributed by atoms with van der Waals surface area (Å²) >= 11 is 0. The van der Waals surface area contributed by atoms with Gasteiger partial charge in [-0.1, -0.05) is 36.4 Å². The Labute approximate surface area is 166 Å². The number of hydrogen-bond acceptors (Lipinski definition) is 3. The predicted molar refractivity (Wildman–Crippen MR) is 118 cm³/mol. The highest BCUT2D eigenvalue weighted by Gasteiger charge is 2.25. The van der Waals surface area contributed by atoms with E-state index in [0.29, 0.717) is 12.1 Å². The van der Waals surface area contributed by atoms with Gasteiger partial charge in [0, 0.05) is 53.7 Å². The van der Waals surface area contributed by atoms with Crippen LogP contribution in [0.3, 0.4) is 0 Å². The molecule has 4 nitrogen and oxygen atoms in total. The molecule has 0 amide bonds. The van der Waals surface area contributed by atoms with Crippen LogP contribution in [-0.2, 0) is 6.42 Å². The molecule has 0 saturated carbocycles. The number of aryl methyl sites for hydroxylation is 1. The number of fused-ring (bicyclic) bond motifs is 3. The predicted octanol–water partition coefficient (Wildman–Crippen LogP) is 5.11. The zero-order valence-corrected chi connectivity index (χ0v) is 16.5. The summed E-state index contributed by atoms with van der Waals surface area (Å²) < 4.78 is 0. The minimum Gasteiger partial charge on any atom is -0.393 e. The molecule has 0 aliphatic heterocycles. The first kappa shape index (κ1) is 18.5. The summed E-state index contributed by atoms with van der Waals surface area (Å²) in [7, 11) is 1.87. The molecule has 28 heavy (non-hydrogen) atoms. The van der Waals surface area contributed by atoms with Gasteiger partial charge in [-0.2, -0.15) is 0 Å². The number of allylic oxidation sites excluding steroid dienone is 1. The summed E-state index contributed by atoms with van der Waals surface area (Å²) in [6, 6.07) is 17.7. The number of H-pyrrole nitrogens is 1. The minimum absolute atomic E-state index is 0.308. The fraction of sp³-hybridized carbons (Fsp3) is 0.292. The summed E-state index contributed by atoms with van der Waals surface area (Å²) in [5, 5.41) is 15.9. The van der Waals surface area contributed by atoms with Crippen LogP contribution < -0.4 is 10.6 Å². The number of rotatable bonds is 6. The molecule has 0 radical (unpaired) electrons. The van der Waals surface area contributed by atoms with Gasteiger partial charge in [0.15, 0.2) is 0 Å². The lowest BCUT2D eigenvalue weighted by atomic mass is 9.90. The molecule has 0 fully saturated rings. The van der Waals surface area contributed by atoms with Crippen LogP contribution in [0.2, 0.25) is 0 Å². The van der Waals surface area contributed by atoms with E-state index in [1.165, 1.54) is 40.4 Å². The molecule has 144 valence electrons. The Morgan fingerprint density at radius 2 is 2.04 bits per heavy atom. The quantitative estimate of drug-likeness (QED) is 0.455. The smallest absolute Gasteiger partial charge is 0.0480 e. The van der Waals surface area contributed by atoms with E-state index in [-0.39, 0.29) is 0 Å². The maximum Gasteiger partial charge on any atom is 0.0480 e. The highest BCUT2D eigenvalue weighted by Crippen LogP contribution is 2.36. The van der Waals surface area contributed by atoms with Crippen LogP contribution in [0.25, 0.3) is 16.5 Å². The fourth-order valence-electron chi connectivity index (χ4n) is 4.31. The van der Waals surface area contributed by atoms with Gasteiger partial charge < -0.3 is 21.0 Å². The zero-order valence-electron chi connectivity index (χ0n) is 16.5. The molecule has 4 N–H and O–H groups in total. The van der Waals surface area contributed by atoms with Crippen LogP contribution in [0, 0.1) is 5.41 Å². The summed E-state index contributed by atoms with van der Waals surface area (Å²) in [5.74, 6) is 0. The van der Waals surface area contributed by atoms with E-state index in [1.807, 2.05) is 13.2 Å². The summed E-state index contributed by atoms with van der Waals surface area (Å²) in [6.45, 7) is 2.24. The molecule has 0 spiro atoms. The Bertz CT molecular complexity index is 1000. The second-order valence-electron chi connectivity index (χ2n) is 7.55. The van der Waals surface area contributed by atoms with Gasteiger partial charge in [-0.25, -0.2) is 0 Å². The summed E-state index contributed by atoms with van der Waals surface area (Å²) in [4.78, 5) is 3.68. The molecule has 0 bridgehead atoms. The molecule has 3 aromatic rings. The highest BCUT2D eigenvalue weighted by atomic mass is 15.0. The second kappa shape index (κ2) is 8.03. The SMILES string of the molecule is CN/C=C(\C=N)c1ccc2[nH]c3c(c2c1)CCCC3NC(C)c1ccccc1. The molecule has 1 aromatic heterocycles. The van der Waals surface area contributed by atoms with Crippen LogP contribution in [0.5, 0.6) is 0 Å². The standard InChI is InChI=1S/C24H28N4/c1-16(17-7-4-3-5-8-17)27-23-10-6-9-20-21-13-18(19(14-25)15-26-2)11-12-22(21)28-24(20)23/h3-5,7-8,11-16,23,25-28H,6,9-10H2,1-2H3/b19-15+,25-14?. The maximum absolute atomic E-state index is 7.70. The molecule has 4 rings (SSSR count). The first-order chi connectivity index (χ1) is 13.7. The Morgan fingerprint density at radius 1 is 1.21 bits per heavy atom. The van der Waals surface area contributed by atoms with Gasteiger partial charge in [-0.3, -0.25) is 0 Å². The molecular weight excluding hydrogens is 344 g/mol. The van der Waals surface area contributed by atoms with Crippen molar-refractivity contribution in [3.63, 3.8) is 0 Å².